The van der Waals surface area contributed by atoms with Crippen molar-refractivity contribution in [3.63, 3.8) is 0 Å². The van der Waals surface area contributed by atoms with Gasteiger partial charge in [0.2, 0.25) is 0 Å². The van der Waals surface area contributed by atoms with Gasteiger partial charge < -0.3 is 10.8 Å². The SMILES string of the molecule is CC1=N[N+](c2ccccc2)=C(n2cnc(C)c2)C1c1cc(-c2cccc(O)c2)nc(N)c1C#N. The second-order valence-corrected chi connectivity index (χ2v) is 8.12. The summed E-state index contributed by atoms with van der Waals surface area (Å²) in [5.41, 5.74) is 11.1. The fraction of sp³-hybridized carbons (Fsp3) is 0.115. The van der Waals surface area contributed by atoms with Gasteiger partial charge in [0.05, 0.1) is 22.7 Å². The van der Waals surface area contributed by atoms with E-state index in [2.05, 4.69) is 16.0 Å². The Bertz CT molecular complexity index is 1510. The smallest absolute Gasteiger partial charge is 0.301 e. The highest BCUT2D eigenvalue weighted by atomic mass is 16.3. The third-order valence-electron chi connectivity index (χ3n) is 5.77. The number of para-hydroxylation sites is 1. The number of aromatic hydroxyl groups is 1. The van der Waals surface area contributed by atoms with Gasteiger partial charge in [-0.1, -0.05) is 35.4 Å². The van der Waals surface area contributed by atoms with Crippen molar-refractivity contribution in [2.45, 2.75) is 19.8 Å². The molecule has 0 aliphatic carbocycles. The number of hydrogen-bond acceptors (Lipinski definition) is 6. The number of benzene rings is 2. The summed E-state index contributed by atoms with van der Waals surface area (Å²) < 4.78 is 3.80. The largest absolute Gasteiger partial charge is 0.508 e. The van der Waals surface area contributed by atoms with Crippen molar-refractivity contribution in [1.82, 2.24) is 14.5 Å². The van der Waals surface area contributed by atoms with Gasteiger partial charge in [-0.15, -0.1) is 4.68 Å². The number of hydrazone groups is 1. The van der Waals surface area contributed by atoms with Gasteiger partial charge >= 0.3 is 5.84 Å². The average Bonchev–Trinajstić information content (AvgIpc) is 3.41. The molecule has 0 radical (unpaired) electrons. The van der Waals surface area contributed by atoms with E-state index in [-0.39, 0.29) is 17.5 Å². The van der Waals surface area contributed by atoms with Crippen molar-refractivity contribution < 1.29 is 9.79 Å². The van der Waals surface area contributed by atoms with E-state index in [9.17, 15) is 10.4 Å². The van der Waals surface area contributed by atoms with Crippen LogP contribution in [0, 0.1) is 18.3 Å². The minimum Gasteiger partial charge on any atom is -0.508 e. The van der Waals surface area contributed by atoms with Crippen LogP contribution in [0.4, 0.5) is 11.5 Å². The lowest BCUT2D eigenvalue weighted by molar-refractivity contribution is -0.444. The predicted molar refractivity (Wildman–Crippen MR) is 130 cm³/mol. The number of nitrogens with zero attached hydrogens (tertiary/aromatic N) is 6. The molecule has 3 heterocycles. The molecule has 0 saturated carbocycles. The summed E-state index contributed by atoms with van der Waals surface area (Å²) in [5.74, 6) is 0.697. The number of nitrogens with two attached hydrogens (primary N) is 1. The standard InChI is InChI=1S/C26H21N7O/c1-16-14-32(15-29-16)26-24(17(2)31-33(26)19-8-4-3-5-9-19)21-12-23(30-25(28)22(21)13-27)18-7-6-10-20(34)11-18/h3-12,14-15,24H,1-2H3,(H2-,28,30,34)/p+1. The number of phenolic OH excluding ortho intramolecular Hbond substituents is 1. The first-order valence-corrected chi connectivity index (χ1v) is 10.7. The Balaban J connectivity index is 1.77. The first kappa shape index (κ1) is 21.1. The number of imidazole rings is 1. The molecule has 0 amide bonds. The van der Waals surface area contributed by atoms with Gasteiger partial charge in [0, 0.05) is 5.56 Å². The molecule has 0 saturated heterocycles. The summed E-state index contributed by atoms with van der Waals surface area (Å²) >= 11 is 0. The van der Waals surface area contributed by atoms with Crippen LogP contribution in [0.5, 0.6) is 5.75 Å². The van der Waals surface area contributed by atoms with Crippen molar-refractivity contribution in [2.24, 2.45) is 5.10 Å². The van der Waals surface area contributed by atoms with Gasteiger partial charge in [-0.3, -0.25) is 0 Å². The van der Waals surface area contributed by atoms with Crippen LogP contribution in [-0.2, 0) is 0 Å². The fourth-order valence-electron chi connectivity index (χ4n) is 4.25. The molecule has 2 aromatic heterocycles. The summed E-state index contributed by atoms with van der Waals surface area (Å²) in [7, 11) is 0. The van der Waals surface area contributed by atoms with Crippen LogP contribution in [0.25, 0.3) is 11.3 Å². The summed E-state index contributed by atoms with van der Waals surface area (Å²) in [4.78, 5) is 8.87. The first-order valence-electron chi connectivity index (χ1n) is 10.7. The van der Waals surface area contributed by atoms with Crippen LogP contribution in [-0.4, -0.2) is 35.9 Å². The number of aromatic nitrogens is 3. The number of phenols is 1. The molecule has 5 rings (SSSR count). The van der Waals surface area contributed by atoms with E-state index in [4.69, 9.17) is 10.8 Å². The zero-order valence-electron chi connectivity index (χ0n) is 18.7. The number of pyridine rings is 1. The zero-order valence-corrected chi connectivity index (χ0v) is 18.7. The Hall–Kier alpha value is -4.77. The van der Waals surface area contributed by atoms with Crippen LogP contribution in [0.1, 0.15) is 29.7 Å². The van der Waals surface area contributed by atoms with Gasteiger partial charge in [-0.05, 0) is 49.7 Å². The summed E-state index contributed by atoms with van der Waals surface area (Å²) in [6.07, 6.45) is 3.67. The van der Waals surface area contributed by atoms with Crippen LogP contribution in [0.2, 0.25) is 0 Å². The van der Waals surface area contributed by atoms with Crippen LogP contribution < -0.4 is 5.73 Å². The molecule has 0 spiro atoms. The molecule has 1 aliphatic rings. The maximum atomic E-state index is 10.0. The van der Waals surface area contributed by atoms with E-state index in [0.717, 1.165) is 22.9 Å². The number of anilines is 1. The molecule has 8 nitrogen and oxygen atoms in total. The molecule has 1 unspecified atom stereocenters. The molecular weight excluding hydrogens is 426 g/mol. The normalized spacial score (nSPS) is 15.3. The maximum absolute atomic E-state index is 10.0. The number of aryl methyl sites for hydroxylation is 1. The van der Waals surface area contributed by atoms with Crippen LogP contribution in [0.3, 0.4) is 0 Å². The third kappa shape index (κ3) is 3.59. The lowest BCUT2D eigenvalue weighted by Crippen LogP contribution is -2.27. The Morgan fingerprint density at radius 1 is 1.09 bits per heavy atom. The number of nitrogen functional groups attached to an aromatic ring is 1. The van der Waals surface area contributed by atoms with Gasteiger partial charge in [0.1, 0.15) is 29.8 Å². The number of hydrogen-bond donors (Lipinski definition) is 2. The molecule has 8 heteroatoms. The van der Waals surface area contributed by atoms with E-state index < -0.39 is 0 Å². The minimum atomic E-state index is -0.371. The molecule has 3 N–H and O–H groups in total. The Morgan fingerprint density at radius 3 is 2.56 bits per heavy atom. The molecule has 1 aliphatic heterocycles. The van der Waals surface area contributed by atoms with Crippen molar-refractivity contribution >= 4 is 23.1 Å². The highest BCUT2D eigenvalue weighted by molar-refractivity contribution is 6.12. The minimum absolute atomic E-state index is 0.124. The van der Waals surface area contributed by atoms with Gasteiger partial charge in [-0.2, -0.15) is 9.83 Å². The van der Waals surface area contributed by atoms with E-state index in [0.29, 0.717) is 22.4 Å². The molecule has 1 atom stereocenters. The van der Waals surface area contributed by atoms with Crippen molar-refractivity contribution in [1.29, 1.82) is 5.26 Å². The first-order chi connectivity index (χ1) is 16.5. The van der Waals surface area contributed by atoms with E-state index in [1.165, 1.54) is 0 Å². The molecule has 0 bridgehead atoms. The highest BCUT2D eigenvalue weighted by Crippen LogP contribution is 2.35. The Kier molecular flexibility index (Phi) is 5.15. The van der Waals surface area contributed by atoms with Gasteiger partial charge in [0.25, 0.3) is 0 Å². The van der Waals surface area contributed by atoms with E-state index >= 15 is 0 Å². The molecular formula is C26H22N7O+. The monoisotopic (exact) mass is 448 g/mol. The maximum Gasteiger partial charge on any atom is 0.301 e. The summed E-state index contributed by atoms with van der Waals surface area (Å²) in [6.45, 7) is 3.86. The topological polar surface area (TPSA) is 116 Å². The highest BCUT2D eigenvalue weighted by Gasteiger charge is 2.40. The lowest BCUT2D eigenvalue weighted by atomic mass is 9.89. The van der Waals surface area contributed by atoms with Gasteiger partial charge in [0.15, 0.2) is 12.0 Å². The summed E-state index contributed by atoms with van der Waals surface area (Å²) in [6, 6.07) is 20.7. The van der Waals surface area contributed by atoms with Crippen LogP contribution in [0.15, 0.2) is 78.3 Å². The molecule has 4 aromatic rings. The van der Waals surface area contributed by atoms with Crippen LogP contribution >= 0.6 is 0 Å². The van der Waals surface area contributed by atoms with Crippen molar-refractivity contribution in [3.8, 4) is 23.1 Å². The number of rotatable bonds is 3. The molecule has 2 aromatic carbocycles. The molecule has 0 fully saturated rings. The molecule has 166 valence electrons. The zero-order chi connectivity index (χ0) is 23.8. The summed E-state index contributed by atoms with van der Waals surface area (Å²) in [5, 5.41) is 24.8. The molecule has 34 heavy (non-hydrogen) atoms. The van der Waals surface area contributed by atoms with E-state index in [1.54, 1.807) is 24.5 Å². The second-order valence-electron chi connectivity index (χ2n) is 8.12. The van der Waals surface area contributed by atoms with E-state index in [1.807, 2.05) is 71.8 Å². The second kappa shape index (κ2) is 8.30. The predicted octanol–water partition coefficient (Wildman–Crippen LogP) is 4.18. The average molecular weight is 449 g/mol. The number of nitriles is 1. The lowest BCUT2D eigenvalue weighted by Gasteiger charge is -2.15. The Morgan fingerprint density at radius 2 is 1.88 bits per heavy atom. The third-order valence-corrected chi connectivity index (χ3v) is 5.77. The quantitative estimate of drug-likeness (QED) is 0.456. The fourth-order valence-corrected chi connectivity index (χ4v) is 4.25. The Labute approximate surface area is 196 Å². The van der Waals surface area contributed by atoms with Crippen molar-refractivity contribution in [3.05, 3.63) is 90.0 Å². The van der Waals surface area contributed by atoms with Gasteiger partial charge in [-0.25, -0.2) is 9.97 Å². The van der Waals surface area contributed by atoms with Crippen molar-refractivity contribution in [2.75, 3.05) is 5.73 Å².